The molecule has 5 aliphatic rings. The molecule has 3 aliphatic heterocycles. The summed E-state index contributed by atoms with van der Waals surface area (Å²) in [4.78, 5) is 5.56. The zero-order chi connectivity index (χ0) is 27.3. The molecule has 0 spiro atoms. The van der Waals surface area contributed by atoms with Crippen LogP contribution in [0.25, 0.3) is 0 Å². The van der Waals surface area contributed by atoms with E-state index < -0.39 is 14.1 Å². The van der Waals surface area contributed by atoms with Crippen molar-refractivity contribution in [2.45, 2.75) is 88.5 Å². The molecule has 2 atom stereocenters. The van der Waals surface area contributed by atoms with Gasteiger partial charge in [0.1, 0.15) is 0 Å². The molecule has 0 N–H and O–H groups in total. The van der Waals surface area contributed by atoms with Crippen LogP contribution in [0, 0.1) is 0 Å². The minimum atomic E-state index is -1.70. The topological polar surface area (TPSA) is 6.48 Å². The number of hydrogen-bond acceptors (Lipinski definition) is 2. The molecule has 2 nitrogen and oxygen atoms in total. The number of anilines is 5. The first-order valence-corrected chi connectivity index (χ1v) is 17.9. The molecular formula is C38H39AlN2. The molecule has 2 aliphatic carbocycles. The zero-order valence-corrected chi connectivity index (χ0v) is 25.7. The highest BCUT2D eigenvalue weighted by atomic mass is 27.2. The molecule has 9 rings (SSSR count). The summed E-state index contributed by atoms with van der Waals surface area (Å²) in [7, 11) is 0. The summed E-state index contributed by atoms with van der Waals surface area (Å²) < 4.78 is 4.89. The maximum atomic E-state index is 2.92. The molecule has 4 aromatic carbocycles. The van der Waals surface area contributed by atoms with Gasteiger partial charge in [-0.05, 0) is 80.0 Å². The Hall–Kier alpha value is -2.99. The van der Waals surface area contributed by atoms with E-state index in [1.54, 1.807) is 30.1 Å². The Kier molecular flexibility index (Phi) is 5.26. The van der Waals surface area contributed by atoms with Crippen LogP contribution in [-0.2, 0) is 5.41 Å². The molecule has 0 amide bonds. The minimum Gasteiger partial charge on any atom is -0.337 e. The van der Waals surface area contributed by atoms with E-state index in [2.05, 4.69) is 109 Å². The van der Waals surface area contributed by atoms with Crippen LogP contribution in [0.5, 0.6) is 0 Å². The first-order valence-electron chi connectivity index (χ1n) is 16.2. The lowest BCUT2D eigenvalue weighted by Gasteiger charge is -2.52. The average molecular weight is 551 g/mol. The average Bonchev–Trinajstić information content (AvgIpc) is 3.25. The maximum Gasteiger partial charge on any atom is 0.396 e. The predicted octanol–water partition coefficient (Wildman–Crippen LogP) is 8.09. The summed E-state index contributed by atoms with van der Waals surface area (Å²) in [6.07, 6.45) is 12.1. The van der Waals surface area contributed by atoms with Crippen LogP contribution in [0.3, 0.4) is 0 Å². The van der Waals surface area contributed by atoms with Gasteiger partial charge in [0.2, 0.25) is 0 Å². The van der Waals surface area contributed by atoms with Crippen molar-refractivity contribution in [1.82, 2.24) is 0 Å². The third kappa shape index (κ3) is 3.10. The molecule has 2 fully saturated rings. The van der Waals surface area contributed by atoms with Gasteiger partial charge in [0.15, 0.2) is 0 Å². The minimum absolute atomic E-state index is 0.107. The monoisotopic (exact) mass is 550 g/mol. The van der Waals surface area contributed by atoms with Crippen LogP contribution in [0.15, 0.2) is 84.9 Å². The number of nitrogens with zero attached hydrogens (tertiary/aromatic N) is 2. The summed E-state index contributed by atoms with van der Waals surface area (Å²) in [5.74, 6) is 0.676. The third-order valence-corrected chi connectivity index (χ3v) is 15.3. The van der Waals surface area contributed by atoms with E-state index in [0.29, 0.717) is 5.92 Å². The molecule has 4 aromatic rings. The Balaban J connectivity index is 1.45. The highest BCUT2D eigenvalue weighted by Gasteiger charge is 2.62. The summed E-state index contributed by atoms with van der Waals surface area (Å²) in [6.45, 7) is 5.30. The van der Waals surface area contributed by atoms with Crippen LogP contribution < -0.4 is 23.1 Å². The number of para-hydroxylation sites is 3. The van der Waals surface area contributed by atoms with Gasteiger partial charge in [-0.1, -0.05) is 107 Å². The van der Waals surface area contributed by atoms with E-state index in [-0.39, 0.29) is 11.0 Å². The summed E-state index contributed by atoms with van der Waals surface area (Å²) >= 11 is -1.70. The van der Waals surface area contributed by atoms with Gasteiger partial charge in [-0.25, -0.2) is 0 Å². The molecule has 3 heterocycles. The highest BCUT2D eigenvalue weighted by Crippen LogP contribution is 2.64. The molecule has 3 heteroatoms. The molecule has 0 saturated heterocycles. The Labute approximate surface area is 249 Å². The molecule has 0 bridgehead atoms. The molecule has 2 saturated carbocycles. The van der Waals surface area contributed by atoms with Gasteiger partial charge in [-0.2, -0.15) is 0 Å². The molecule has 0 radical (unpaired) electrons. The lowest BCUT2D eigenvalue weighted by Crippen LogP contribution is -2.64. The fraction of sp³-hybridized carbons (Fsp3) is 0.368. The summed E-state index contributed by atoms with van der Waals surface area (Å²) in [5.41, 5.74) is 11.1. The fourth-order valence-electron chi connectivity index (χ4n) is 9.92. The van der Waals surface area contributed by atoms with Gasteiger partial charge < -0.3 is 9.80 Å². The molecule has 204 valence electrons. The lowest BCUT2D eigenvalue weighted by molar-refractivity contribution is 0.193. The SMILES string of the molecule is CC12CCCCC1(C)N1c3cccc[c]3[Al]3[c]4ccccc4N(c4ccccc4)c4cc(C5CCCCC5)c2c1[c]43. The van der Waals surface area contributed by atoms with Crippen LogP contribution in [0.4, 0.5) is 28.4 Å². The predicted molar refractivity (Wildman–Crippen MR) is 174 cm³/mol. The Morgan fingerprint density at radius 3 is 2.12 bits per heavy atom. The third-order valence-electron chi connectivity index (χ3n) is 12.0. The first-order chi connectivity index (χ1) is 20.1. The van der Waals surface area contributed by atoms with Crippen molar-refractivity contribution in [3.05, 3.63) is 96.1 Å². The van der Waals surface area contributed by atoms with E-state index in [1.165, 1.54) is 80.5 Å². The van der Waals surface area contributed by atoms with E-state index in [4.69, 9.17) is 0 Å². The summed E-state index contributed by atoms with van der Waals surface area (Å²) in [5, 5.41) is 0. The highest BCUT2D eigenvalue weighted by molar-refractivity contribution is 7.00. The quantitative estimate of drug-likeness (QED) is 0.205. The van der Waals surface area contributed by atoms with Crippen molar-refractivity contribution in [3.63, 3.8) is 0 Å². The van der Waals surface area contributed by atoms with Crippen LogP contribution in [0.2, 0.25) is 0 Å². The maximum absolute atomic E-state index is 2.92. The van der Waals surface area contributed by atoms with E-state index >= 15 is 0 Å². The lowest BCUT2D eigenvalue weighted by atomic mass is 9.60. The van der Waals surface area contributed by atoms with Crippen molar-refractivity contribution in [2.75, 3.05) is 9.80 Å². The van der Waals surface area contributed by atoms with E-state index in [1.807, 2.05) is 0 Å². The first kappa shape index (κ1) is 24.6. The Morgan fingerprint density at radius 1 is 0.683 bits per heavy atom. The van der Waals surface area contributed by atoms with Gasteiger partial charge >= 0.3 is 14.1 Å². The second-order valence-corrected chi connectivity index (χ2v) is 16.5. The van der Waals surface area contributed by atoms with Gasteiger partial charge in [-0.15, -0.1) is 0 Å². The molecular weight excluding hydrogens is 511 g/mol. The Bertz CT molecular complexity index is 1690. The van der Waals surface area contributed by atoms with Crippen LogP contribution in [-0.4, -0.2) is 19.7 Å². The van der Waals surface area contributed by atoms with Crippen LogP contribution >= 0.6 is 0 Å². The van der Waals surface area contributed by atoms with Crippen molar-refractivity contribution in [2.24, 2.45) is 0 Å². The zero-order valence-electron chi connectivity index (χ0n) is 24.5. The largest absolute Gasteiger partial charge is 0.396 e. The standard InChI is InChI=1S/C38H39N2.Al/c1-37-25-15-16-26-38(37,2)40(32-23-13-6-14-24-32)35-28-33(27-34(36(35)37)29-17-7-3-8-18-29)39(30-19-9-4-10-20-30)31-21-11-5-12-22-31;/h4-6,9-14,19-21,23,27,29H,3,7-8,15-18,25-26H2,1-2H3;. The second kappa shape index (κ2) is 8.76. The van der Waals surface area contributed by atoms with Gasteiger partial charge in [0, 0.05) is 33.9 Å². The molecule has 41 heavy (non-hydrogen) atoms. The number of fused-ring (bicyclic) bond motifs is 8. The number of benzene rings is 4. The number of hydrogen-bond donors (Lipinski definition) is 0. The smallest absolute Gasteiger partial charge is 0.337 e. The van der Waals surface area contributed by atoms with E-state index in [0.717, 1.165) is 0 Å². The molecule has 0 aromatic heterocycles. The van der Waals surface area contributed by atoms with Crippen molar-refractivity contribution in [1.29, 1.82) is 0 Å². The van der Waals surface area contributed by atoms with Crippen molar-refractivity contribution in [3.8, 4) is 0 Å². The van der Waals surface area contributed by atoms with Crippen molar-refractivity contribution < 1.29 is 0 Å². The fourth-order valence-corrected chi connectivity index (χ4v) is 13.6. The van der Waals surface area contributed by atoms with Crippen molar-refractivity contribution >= 4 is 55.9 Å². The van der Waals surface area contributed by atoms with E-state index in [9.17, 15) is 0 Å². The van der Waals surface area contributed by atoms with Gasteiger partial charge in [-0.3, -0.25) is 0 Å². The molecule has 2 unspecified atom stereocenters. The van der Waals surface area contributed by atoms with Gasteiger partial charge in [0.25, 0.3) is 0 Å². The van der Waals surface area contributed by atoms with Gasteiger partial charge in [0.05, 0.1) is 5.54 Å². The normalized spacial score (nSPS) is 25.9. The Morgan fingerprint density at radius 2 is 1.34 bits per heavy atom. The number of rotatable bonds is 2. The van der Waals surface area contributed by atoms with Crippen LogP contribution in [0.1, 0.15) is 88.7 Å². The second-order valence-electron chi connectivity index (χ2n) is 13.8. The summed E-state index contributed by atoms with van der Waals surface area (Å²) in [6, 6.07) is 32.9.